The third-order valence-corrected chi connectivity index (χ3v) is 17.7. The lowest BCUT2D eigenvalue weighted by molar-refractivity contribution is -0.178. The number of hydrogen-bond donors (Lipinski definition) is 0. The molecule has 2 heterocycles. The van der Waals surface area contributed by atoms with Gasteiger partial charge >= 0.3 is 6.09 Å². The van der Waals surface area contributed by atoms with Crippen molar-refractivity contribution in [2.24, 2.45) is 5.92 Å². The summed E-state index contributed by atoms with van der Waals surface area (Å²) < 4.78 is 6.25. The Morgan fingerprint density at radius 1 is 0.850 bits per heavy atom. The van der Waals surface area contributed by atoms with Gasteiger partial charge in [0.25, 0.3) is 5.91 Å². The minimum absolute atomic E-state index is 0.0247. The first-order valence-electron chi connectivity index (χ1n) is 15.2. The second kappa shape index (κ2) is 11.5. The van der Waals surface area contributed by atoms with Crippen molar-refractivity contribution in [1.29, 1.82) is 0 Å². The summed E-state index contributed by atoms with van der Waals surface area (Å²) in [4.78, 5) is 33.3. The monoisotopic (exact) mass is 578 g/mol. The molecular formula is C33H50N2O3Si2. The van der Waals surface area contributed by atoms with Crippen molar-refractivity contribution in [2.45, 2.75) is 115 Å². The van der Waals surface area contributed by atoms with Gasteiger partial charge in [0.2, 0.25) is 0 Å². The topological polar surface area (TPSA) is 49.9 Å². The number of cyclic esters (lactones) is 1. The molecule has 0 bridgehead atoms. The number of unbranched alkanes of at least 4 members (excludes halogenated alkanes) is 1. The number of benzene rings is 2. The summed E-state index contributed by atoms with van der Waals surface area (Å²) in [5.74, 6) is 0.539. The summed E-state index contributed by atoms with van der Waals surface area (Å²) in [5, 5.41) is 0.296. The molecule has 2 saturated heterocycles. The van der Waals surface area contributed by atoms with Gasteiger partial charge in [-0.1, -0.05) is 134 Å². The van der Waals surface area contributed by atoms with Gasteiger partial charge in [-0.2, -0.15) is 0 Å². The minimum atomic E-state index is -1.75. The molecule has 0 aliphatic carbocycles. The summed E-state index contributed by atoms with van der Waals surface area (Å²) in [7, 11) is -3.51. The molecule has 2 aliphatic heterocycles. The molecule has 0 spiro atoms. The van der Waals surface area contributed by atoms with E-state index in [1.807, 2.05) is 53.4 Å². The van der Waals surface area contributed by atoms with Crippen LogP contribution in [0.25, 0.3) is 0 Å². The van der Waals surface area contributed by atoms with Crippen LogP contribution >= 0.6 is 0 Å². The maximum absolute atomic E-state index is 15.0. The largest absolute Gasteiger partial charge is 0.439 e. The Morgan fingerprint density at radius 2 is 1.38 bits per heavy atom. The Morgan fingerprint density at radius 3 is 1.85 bits per heavy atom. The predicted molar refractivity (Wildman–Crippen MR) is 170 cm³/mol. The molecule has 2 fully saturated rings. The lowest BCUT2D eigenvalue weighted by Gasteiger charge is -2.66. The van der Waals surface area contributed by atoms with Crippen molar-refractivity contribution in [2.75, 3.05) is 0 Å². The smallest absolute Gasteiger partial charge is 0.412 e. The first-order valence-corrected chi connectivity index (χ1v) is 22.3. The van der Waals surface area contributed by atoms with E-state index in [-0.39, 0.29) is 24.1 Å². The van der Waals surface area contributed by atoms with Gasteiger partial charge in [-0.15, -0.1) is 0 Å². The molecule has 2 aromatic rings. The fraction of sp³-hybridized carbons (Fsp3) is 0.576. The normalized spacial score (nSPS) is 25.5. The Hall–Kier alpha value is -2.39. The number of carbonyl (C=O) groups excluding carboxylic acids is 2. The molecule has 4 rings (SSSR count). The van der Waals surface area contributed by atoms with E-state index < -0.39 is 27.8 Å². The molecule has 5 nitrogen and oxygen atoms in total. The molecule has 0 aromatic heterocycles. The van der Waals surface area contributed by atoms with E-state index in [1.165, 1.54) is 0 Å². The van der Waals surface area contributed by atoms with Crippen molar-refractivity contribution in [3.8, 4) is 0 Å². The summed E-state index contributed by atoms with van der Waals surface area (Å²) >= 11 is 0. The highest BCUT2D eigenvalue weighted by Gasteiger charge is 2.71. The van der Waals surface area contributed by atoms with E-state index >= 15 is 0 Å². The Kier molecular flexibility index (Phi) is 8.77. The highest BCUT2D eigenvalue weighted by Crippen LogP contribution is 2.55. The fourth-order valence-corrected chi connectivity index (χ4v) is 20.4. The van der Waals surface area contributed by atoms with Crippen LogP contribution in [0.2, 0.25) is 39.3 Å². The van der Waals surface area contributed by atoms with Crippen LogP contribution in [0.3, 0.4) is 0 Å². The highest BCUT2D eigenvalue weighted by atomic mass is 28.4. The second-order valence-corrected chi connectivity index (χ2v) is 25.6. The van der Waals surface area contributed by atoms with Crippen molar-refractivity contribution in [1.82, 2.24) is 9.80 Å². The Balaban J connectivity index is 1.92. The maximum Gasteiger partial charge on any atom is 0.412 e. The predicted octanol–water partition coefficient (Wildman–Crippen LogP) is 8.23. The van der Waals surface area contributed by atoms with Gasteiger partial charge in [0, 0.05) is 5.29 Å². The van der Waals surface area contributed by atoms with Crippen LogP contribution in [-0.2, 0) is 9.53 Å². The second-order valence-electron chi connectivity index (χ2n) is 14.5. The van der Waals surface area contributed by atoms with E-state index in [0.717, 1.165) is 30.4 Å². The standard InChI is InChI=1S/C33H50N2O3Si2/c1-10-11-22-33(27(23-24(2)3)34(30(33)36)32(39(4,5)6)40(7,8)9)35-28(25-18-14-12-15-19-25)29(38-31(35)37)26-20-16-13-17-21-26/h12-21,24,27-29,32H,10-11,22-23H2,1-9H3/t27-,28+,29-,33-/m1/s1. The SMILES string of the molecule is CCCC[C@]1(N2C(=O)O[C@H](c3ccccc3)[C@@H]2c2ccccc2)C(=O)N(C([Si](C)(C)C)[Si](C)(C)C)[C@@H]1CC(C)C. The van der Waals surface area contributed by atoms with Crippen molar-refractivity contribution in [3.63, 3.8) is 0 Å². The number of ether oxygens (including phenoxy) is 1. The van der Waals surface area contributed by atoms with E-state index in [9.17, 15) is 9.59 Å². The average molecular weight is 579 g/mol. The Bertz CT molecular complexity index is 1160. The molecule has 0 unspecified atom stereocenters. The highest BCUT2D eigenvalue weighted by molar-refractivity contribution is 6.96. The lowest BCUT2D eigenvalue weighted by atomic mass is 9.70. The third-order valence-electron chi connectivity index (χ3n) is 8.71. The van der Waals surface area contributed by atoms with Crippen LogP contribution in [0, 0.1) is 5.92 Å². The van der Waals surface area contributed by atoms with Crippen LogP contribution in [-0.4, -0.2) is 54.8 Å². The molecule has 4 atom stereocenters. The summed E-state index contributed by atoms with van der Waals surface area (Å²) in [6, 6.07) is 19.8. The maximum atomic E-state index is 15.0. The Labute approximate surface area is 244 Å². The van der Waals surface area contributed by atoms with Crippen molar-refractivity contribution >= 4 is 28.1 Å². The summed E-state index contributed by atoms with van der Waals surface area (Å²) in [5.41, 5.74) is 1.07. The molecule has 40 heavy (non-hydrogen) atoms. The van der Waals surface area contributed by atoms with Gasteiger partial charge < -0.3 is 9.64 Å². The zero-order valence-electron chi connectivity index (χ0n) is 26.1. The summed E-state index contributed by atoms with van der Waals surface area (Å²) in [6.45, 7) is 21.1. The molecule has 218 valence electrons. The number of likely N-dealkylation sites (tertiary alicyclic amines) is 1. The fourth-order valence-electron chi connectivity index (χ4n) is 7.72. The van der Waals surface area contributed by atoms with Crippen LogP contribution in [0.15, 0.2) is 60.7 Å². The third kappa shape index (κ3) is 5.43. The number of amides is 2. The van der Waals surface area contributed by atoms with Gasteiger partial charge in [-0.05, 0) is 29.9 Å². The molecule has 2 amide bonds. The number of hydrogen-bond acceptors (Lipinski definition) is 3. The van der Waals surface area contributed by atoms with Crippen molar-refractivity contribution < 1.29 is 14.3 Å². The molecule has 2 aromatic carbocycles. The molecule has 2 aliphatic rings. The number of carbonyl (C=O) groups is 2. The van der Waals surface area contributed by atoms with E-state index in [4.69, 9.17) is 4.74 Å². The number of nitrogens with zero attached hydrogens (tertiary/aromatic N) is 2. The molecular weight excluding hydrogens is 529 g/mol. The van der Waals surface area contributed by atoms with Crippen LogP contribution in [0.1, 0.15) is 69.7 Å². The first-order chi connectivity index (χ1) is 18.7. The zero-order chi connectivity index (χ0) is 29.5. The number of β-lactam (4-membered cyclic amide) rings is 1. The molecule has 0 N–H and O–H groups in total. The summed E-state index contributed by atoms with van der Waals surface area (Å²) in [6.07, 6.45) is 2.57. The van der Waals surface area contributed by atoms with Gasteiger partial charge in [-0.3, -0.25) is 9.69 Å². The van der Waals surface area contributed by atoms with Gasteiger partial charge in [0.1, 0.15) is 11.6 Å². The first kappa shape index (κ1) is 30.6. The van der Waals surface area contributed by atoms with Gasteiger partial charge in [0.05, 0.1) is 22.2 Å². The van der Waals surface area contributed by atoms with Crippen LogP contribution in [0.5, 0.6) is 0 Å². The van der Waals surface area contributed by atoms with E-state index in [2.05, 4.69) is 77.1 Å². The van der Waals surface area contributed by atoms with E-state index in [0.29, 0.717) is 17.6 Å². The molecule has 0 radical (unpaired) electrons. The van der Waals surface area contributed by atoms with Crippen LogP contribution < -0.4 is 0 Å². The molecule has 0 saturated carbocycles. The van der Waals surface area contributed by atoms with Crippen molar-refractivity contribution in [3.05, 3.63) is 71.8 Å². The van der Waals surface area contributed by atoms with Gasteiger partial charge in [-0.25, -0.2) is 4.79 Å². The van der Waals surface area contributed by atoms with Gasteiger partial charge in [0.15, 0.2) is 6.10 Å². The zero-order valence-corrected chi connectivity index (χ0v) is 28.1. The lowest BCUT2D eigenvalue weighted by Crippen LogP contribution is -2.86. The minimum Gasteiger partial charge on any atom is -0.439 e. The quantitative estimate of drug-likeness (QED) is 0.199. The average Bonchev–Trinajstić information content (AvgIpc) is 3.23. The van der Waals surface area contributed by atoms with E-state index in [1.54, 1.807) is 0 Å². The van der Waals surface area contributed by atoms with Crippen LogP contribution in [0.4, 0.5) is 4.79 Å². The molecule has 7 heteroatoms. The number of rotatable bonds is 11.